The molecule has 0 radical (unpaired) electrons. The molecule has 1 unspecified atom stereocenters. The molecule has 3 rings (SSSR count). The highest BCUT2D eigenvalue weighted by Crippen LogP contribution is 2.48. The maximum Gasteiger partial charge on any atom is 0.318 e. The van der Waals surface area contributed by atoms with Crippen molar-refractivity contribution in [2.45, 2.75) is 26.4 Å². The van der Waals surface area contributed by atoms with Crippen molar-refractivity contribution in [3.63, 3.8) is 0 Å². The lowest BCUT2D eigenvalue weighted by Gasteiger charge is -2.54. The summed E-state index contributed by atoms with van der Waals surface area (Å²) in [6.45, 7) is 5.50. The van der Waals surface area contributed by atoms with Crippen LogP contribution in [0.2, 0.25) is 0 Å². The van der Waals surface area contributed by atoms with Crippen LogP contribution in [0.25, 0.3) is 0 Å². The molecule has 0 aliphatic carbocycles. The highest BCUT2D eigenvalue weighted by molar-refractivity contribution is 5.76. The summed E-state index contributed by atoms with van der Waals surface area (Å²) < 4.78 is 4.76. The molecular formula is C16H19N3O2. The molecule has 1 aliphatic rings. The van der Waals surface area contributed by atoms with Gasteiger partial charge in [-0.1, -0.05) is 49.3 Å². The summed E-state index contributed by atoms with van der Waals surface area (Å²) in [6, 6.07) is 11.9. The molecule has 1 atom stereocenters. The van der Waals surface area contributed by atoms with Crippen molar-refractivity contribution in [2.75, 3.05) is 6.54 Å². The molecule has 1 saturated heterocycles. The molecule has 2 aromatic rings. The van der Waals surface area contributed by atoms with Crippen molar-refractivity contribution in [1.29, 1.82) is 0 Å². The fraction of sp³-hybridized carbons (Fsp3) is 0.375. The molecule has 1 aromatic carbocycles. The molecule has 1 fully saturated rings. The van der Waals surface area contributed by atoms with Crippen molar-refractivity contribution in [2.24, 2.45) is 5.41 Å². The third-order valence-corrected chi connectivity index (χ3v) is 3.92. The summed E-state index contributed by atoms with van der Waals surface area (Å²) in [4.78, 5) is 14.2. The van der Waals surface area contributed by atoms with Crippen LogP contribution in [0.4, 0.5) is 4.79 Å². The second kappa shape index (κ2) is 5.24. The number of aromatic nitrogens is 1. The van der Waals surface area contributed by atoms with Crippen LogP contribution in [0.15, 0.2) is 47.2 Å². The van der Waals surface area contributed by atoms with Crippen LogP contribution >= 0.6 is 0 Å². The van der Waals surface area contributed by atoms with Crippen LogP contribution in [0.3, 0.4) is 0 Å². The van der Waals surface area contributed by atoms with Gasteiger partial charge in [0.2, 0.25) is 0 Å². The number of benzene rings is 1. The number of rotatable bonds is 3. The van der Waals surface area contributed by atoms with E-state index in [1.807, 2.05) is 23.1 Å². The maximum absolute atomic E-state index is 12.3. The summed E-state index contributed by atoms with van der Waals surface area (Å²) in [5.74, 6) is 0. The minimum Gasteiger partial charge on any atom is -0.364 e. The van der Waals surface area contributed by atoms with E-state index in [2.05, 4.69) is 36.5 Å². The largest absolute Gasteiger partial charge is 0.364 e. The number of nitrogens with zero attached hydrogens (tertiary/aromatic N) is 2. The lowest BCUT2D eigenvalue weighted by Crippen LogP contribution is -2.60. The monoisotopic (exact) mass is 285 g/mol. The second-order valence-corrected chi connectivity index (χ2v) is 6.08. The zero-order chi connectivity index (χ0) is 14.9. The van der Waals surface area contributed by atoms with E-state index in [0.29, 0.717) is 6.54 Å². The summed E-state index contributed by atoms with van der Waals surface area (Å²) in [6.07, 6.45) is 1.50. The first kappa shape index (κ1) is 13.7. The Morgan fingerprint density at radius 3 is 2.76 bits per heavy atom. The Morgan fingerprint density at radius 2 is 2.14 bits per heavy atom. The van der Waals surface area contributed by atoms with E-state index in [1.165, 1.54) is 11.8 Å². The lowest BCUT2D eigenvalue weighted by atomic mass is 9.72. The van der Waals surface area contributed by atoms with Crippen LogP contribution in [-0.4, -0.2) is 22.6 Å². The van der Waals surface area contributed by atoms with E-state index < -0.39 is 0 Å². The number of amides is 2. The minimum atomic E-state index is -0.0637. The Hall–Kier alpha value is -2.30. The van der Waals surface area contributed by atoms with E-state index in [4.69, 9.17) is 4.52 Å². The van der Waals surface area contributed by atoms with Gasteiger partial charge in [-0.05, 0) is 5.56 Å². The first-order valence-electron chi connectivity index (χ1n) is 7.06. The zero-order valence-corrected chi connectivity index (χ0v) is 12.2. The van der Waals surface area contributed by atoms with E-state index in [-0.39, 0.29) is 17.5 Å². The molecule has 5 heteroatoms. The van der Waals surface area contributed by atoms with Gasteiger partial charge in [-0.3, -0.25) is 0 Å². The minimum absolute atomic E-state index is 0.0637. The van der Waals surface area contributed by atoms with Crippen LogP contribution in [0, 0.1) is 5.41 Å². The maximum atomic E-state index is 12.3. The van der Waals surface area contributed by atoms with Crippen molar-refractivity contribution < 1.29 is 9.32 Å². The predicted molar refractivity (Wildman–Crippen MR) is 78.4 cm³/mol. The molecule has 2 heterocycles. The number of urea groups is 1. The topological polar surface area (TPSA) is 58.4 Å². The summed E-state index contributed by atoms with van der Waals surface area (Å²) >= 11 is 0. The quantitative estimate of drug-likeness (QED) is 0.943. The molecule has 1 aliphatic heterocycles. The Balaban J connectivity index is 1.69. The summed E-state index contributed by atoms with van der Waals surface area (Å²) in [7, 11) is 0. The van der Waals surface area contributed by atoms with Crippen LogP contribution in [-0.2, 0) is 6.54 Å². The molecular weight excluding hydrogens is 266 g/mol. The van der Waals surface area contributed by atoms with Crippen LogP contribution in [0.1, 0.15) is 31.1 Å². The Kier molecular flexibility index (Phi) is 3.41. The van der Waals surface area contributed by atoms with Gasteiger partial charge in [-0.15, -0.1) is 0 Å². The van der Waals surface area contributed by atoms with Crippen LogP contribution in [0.5, 0.6) is 0 Å². The highest BCUT2D eigenvalue weighted by atomic mass is 16.5. The fourth-order valence-corrected chi connectivity index (χ4v) is 2.98. The number of carbonyl (C=O) groups excluding carboxylic acids is 1. The van der Waals surface area contributed by atoms with Gasteiger partial charge in [-0.2, -0.15) is 0 Å². The number of carbonyl (C=O) groups is 1. The molecule has 2 amide bonds. The van der Waals surface area contributed by atoms with E-state index in [9.17, 15) is 4.79 Å². The molecule has 0 bridgehead atoms. The Bertz CT molecular complexity index is 608. The van der Waals surface area contributed by atoms with Gasteiger partial charge >= 0.3 is 6.03 Å². The molecule has 21 heavy (non-hydrogen) atoms. The van der Waals surface area contributed by atoms with Crippen LogP contribution < -0.4 is 5.32 Å². The van der Waals surface area contributed by atoms with Crippen molar-refractivity contribution in [3.05, 3.63) is 53.9 Å². The van der Waals surface area contributed by atoms with Gasteiger partial charge in [0.1, 0.15) is 12.0 Å². The molecule has 1 aromatic heterocycles. The van der Waals surface area contributed by atoms with Gasteiger partial charge in [0.05, 0.1) is 12.6 Å². The highest BCUT2D eigenvalue weighted by Gasteiger charge is 2.48. The first-order chi connectivity index (χ1) is 10.1. The normalized spacial score (nSPS) is 19.9. The molecule has 1 N–H and O–H groups in total. The first-order valence-corrected chi connectivity index (χ1v) is 7.06. The van der Waals surface area contributed by atoms with Gasteiger partial charge in [0.25, 0.3) is 0 Å². The van der Waals surface area contributed by atoms with Gasteiger partial charge in [-0.25, -0.2) is 4.79 Å². The molecule has 0 spiro atoms. The molecule has 5 nitrogen and oxygen atoms in total. The Morgan fingerprint density at radius 1 is 1.38 bits per heavy atom. The number of hydrogen-bond donors (Lipinski definition) is 1. The molecule has 110 valence electrons. The van der Waals surface area contributed by atoms with Crippen molar-refractivity contribution in [1.82, 2.24) is 15.4 Å². The summed E-state index contributed by atoms with van der Waals surface area (Å²) in [5.41, 5.74) is 1.98. The average molecular weight is 285 g/mol. The number of hydrogen-bond acceptors (Lipinski definition) is 3. The van der Waals surface area contributed by atoms with Gasteiger partial charge in [0, 0.05) is 18.0 Å². The Labute approximate surface area is 123 Å². The predicted octanol–water partition coefficient (Wildman–Crippen LogP) is 2.97. The van der Waals surface area contributed by atoms with E-state index >= 15 is 0 Å². The SMILES string of the molecule is CC1(C)CN(C(=O)NCc2ccon2)C1c1ccccc1. The lowest BCUT2D eigenvalue weighted by molar-refractivity contribution is -0.0166. The standard InChI is InChI=1S/C16H19N3O2/c1-16(2)11-19(14(16)12-6-4-3-5-7-12)15(20)17-10-13-8-9-21-18-13/h3-9,14H,10-11H2,1-2H3,(H,17,20). The van der Waals surface area contributed by atoms with Gasteiger partial charge in [0.15, 0.2) is 0 Å². The third kappa shape index (κ3) is 2.63. The van der Waals surface area contributed by atoms with Crippen molar-refractivity contribution >= 4 is 6.03 Å². The van der Waals surface area contributed by atoms with E-state index in [0.717, 1.165) is 12.2 Å². The smallest absolute Gasteiger partial charge is 0.318 e. The van der Waals surface area contributed by atoms with E-state index in [1.54, 1.807) is 6.07 Å². The molecule has 0 saturated carbocycles. The van der Waals surface area contributed by atoms with Crippen molar-refractivity contribution in [3.8, 4) is 0 Å². The fourth-order valence-electron chi connectivity index (χ4n) is 2.98. The number of nitrogens with one attached hydrogen (secondary N) is 1. The van der Waals surface area contributed by atoms with Gasteiger partial charge < -0.3 is 14.7 Å². The third-order valence-electron chi connectivity index (χ3n) is 3.92. The average Bonchev–Trinajstić information content (AvgIpc) is 2.97. The summed E-state index contributed by atoms with van der Waals surface area (Å²) in [5, 5.41) is 6.68. The second-order valence-electron chi connectivity index (χ2n) is 6.08. The number of likely N-dealkylation sites (tertiary alicyclic amines) is 1. The zero-order valence-electron chi connectivity index (χ0n) is 12.2.